The van der Waals surface area contributed by atoms with E-state index < -0.39 is 5.91 Å². The second-order valence-corrected chi connectivity index (χ2v) is 8.67. The van der Waals surface area contributed by atoms with E-state index in [-0.39, 0.29) is 11.6 Å². The topological polar surface area (TPSA) is 58.6 Å². The smallest absolute Gasteiger partial charge is 0.282 e. The van der Waals surface area contributed by atoms with Crippen molar-refractivity contribution >= 4 is 40.4 Å². The zero-order valence-corrected chi connectivity index (χ0v) is 20.0. The fourth-order valence-electron chi connectivity index (χ4n) is 3.82. The van der Waals surface area contributed by atoms with Crippen LogP contribution in [0.25, 0.3) is 5.57 Å². The Morgan fingerprint density at radius 3 is 2.09 bits per heavy atom. The minimum atomic E-state index is -0.432. The summed E-state index contributed by atoms with van der Waals surface area (Å²) in [5.41, 5.74) is 6.42. The summed E-state index contributed by atoms with van der Waals surface area (Å²) in [6, 6.07) is 16.4. The third kappa shape index (κ3) is 4.12. The first kappa shape index (κ1) is 22.6. The van der Waals surface area contributed by atoms with Gasteiger partial charge in [-0.05, 0) is 85.8 Å². The molecule has 1 heterocycles. The van der Waals surface area contributed by atoms with E-state index in [2.05, 4.69) is 5.32 Å². The molecule has 5 nitrogen and oxygen atoms in total. The van der Waals surface area contributed by atoms with Crippen LogP contribution in [0.3, 0.4) is 0 Å². The Bertz CT molecular complexity index is 1330. The fraction of sp³-hybridized carbons (Fsp3) is 0.185. The largest absolute Gasteiger partial charge is 0.495 e. The highest BCUT2D eigenvalue weighted by Gasteiger charge is 2.40. The molecule has 1 N–H and O–H groups in total. The molecular formula is C27H25ClN2O3. The van der Waals surface area contributed by atoms with Gasteiger partial charge in [0.2, 0.25) is 0 Å². The monoisotopic (exact) mass is 460 g/mol. The molecule has 168 valence electrons. The maximum atomic E-state index is 13.7. The number of nitrogens with zero attached hydrogens (tertiary/aromatic N) is 1. The van der Waals surface area contributed by atoms with E-state index >= 15 is 0 Å². The molecule has 0 atom stereocenters. The molecule has 0 bridgehead atoms. The number of carbonyl (C=O) groups is 2. The fourth-order valence-corrected chi connectivity index (χ4v) is 3.99. The van der Waals surface area contributed by atoms with Crippen LogP contribution in [0, 0.1) is 27.7 Å². The normalized spacial score (nSPS) is 13.7. The van der Waals surface area contributed by atoms with Crippen molar-refractivity contribution in [1.29, 1.82) is 0 Å². The second kappa shape index (κ2) is 8.75. The molecule has 0 unspecified atom stereocenters. The van der Waals surface area contributed by atoms with E-state index in [4.69, 9.17) is 16.3 Å². The first-order valence-corrected chi connectivity index (χ1v) is 11.0. The lowest BCUT2D eigenvalue weighted by Gasteiger charge is -2.17. The highest BCUT2D eigenvalue weighted by Crippen LogP contribution is 2.37. The molecule has 0 spiro atoms. The molecule has 2 amide bonds. The summed E-state index contributed by atoms with van der Waals surface area (Å²) < 4.78 is 5.44. The standard InChI is InChI=1S/C27H25ClN2O3/c1-15-6-8-19(12-17(15)3)24-25(29-22-14-20(28)9-11-23(22)33-5)27(32)30(26(24)31)21-10-7-16(2)18(4)13-21/h6-14,29H,1-5H3. The van der Waals surface area contributed by atoms with Gasteiger partial charge in [-0.15, -0.1) is 0 Å². The van der Waals surface area contributed by atoms with Crippen molar-refractivity contribution in [2.24, 2.45) is 0 Å². The van der Waals surface area contributed by atoms with Crippen LogP contribution in [-0.4, -0.2) is 18.9 Å². The number of rotatable bonds is 5. The third-order valence-corrected chi connectivity index (χ3v) is 6.28. The van der Waals surface area contributed by atoms with Crippen molar-refractivity contribution in [1.82, 2.24) is 0 Å². The van der Waals surface area contributed by atoms with E-state index in [1.54, 1.807) is 24.3 Å². The first-order valence-electron chi connectivity index (χ1n) is 10.6. The van der Waals surface area contributed by atoms with Gasteiger partial charge in [-0.3, -0.25) is 9.59 Å². The molecule has 0 fully saturated rings. The molecule has 33 heavy (non-hydrogen) atoms. The van der Waals surface area contributed by atoms with E-state index in [1.807, 2.05) is 58.0 Å². The molecule has 0 saturated heterocycles. The number of imide groups is 1. The van der Waals surface area contributed by atoms with Gasteiger partial charge in [-0.2, -0.15) is 0 Å². The lowest BCUT2D eigenvalue weighted by molar-refractivity contribution is -0.120. The summed E-state index contributed by atoms with van der Waals surface area (Å²) in [7, 11) is 1.54. The quantitative estimate of drug-likeness (QED) is 0.476. The number of benzene rings is 3. The van der Waals surface area contributed by atoms with E-state index in [9.17, 15) is 9.59 Å². The van der Waals surface area contributed by atoms with Gasteiger partial charge in [0.1, 0.15) is 11.4 Å². The zero-order chi connectivity index (χ0) is 23.9. The number of halogens is 1. The summed E-state index contributed by atoms with van der Waals surface area (Å²) in [4.78, 5) is 28.5. The molecular weight excluding hydrogens is 436 g/mol. The minimum Gasteiger partial charge on any atom is -0.495 e. The number of aryl methyl sites for hydroxylation is 4. The van der Waals surface area contributed by atoms with Gasteiger partial charge in [-0.1, -0.05) is 35.9 Å². The summed E-state index contributed by atoms with van der Waals surface area (Å²) in [6.07, 6.45) is 0. The number of methoxy groups -OCH3 is 1. The molecule has 1 aliphatic heterocycles. The van der Waals surface area contributed by atoms with E-state index in [0.29, 0.717) is 33.3 Å². The molecule has 0 saturated carbocycles. The van der Waals surface area contributed by atoms with Crippen molar-refractivity contribution < 1.29 is 14.3 Å². The summed E-state index contributed by atoms with van der Waals surface area (Å²) in [5.74, 6) is -0.301. The molecule has 3 aromatic rings. The number of hydrogen-bond donors (Lipinski definition) is 1. The molecule has 0 radical (unpaired) electrons. The van der Waals surface area contributed by atoms with Crippen molar-refractivity contribution in [3.63, 3.8) is 0 Å². The average molecular weight is 461 g/mol. The zero-order valence-electron chi connectivity index (χ0n) is 19.2. The van der Waals surface area contributed by atoms with Crippen LogP contribution in [0.5, 0.6) is 5.75 Å². The minimum absolute atomic E-state index is 0.182. The number of carbonyl (C=O) groups excluding carboxylic acids is 2. The third-order valence-electron chi connectivity index (χ3n) is 6.05. The number of hydrogen-bond acceptors (Lipinski definition) is 4. The van der Waals surface area contributed by atoms with Crippen LogP contribution in [0.4, 0.5) is 11.4 Å². The van der Waals surface area contributed by atoms with Gasteiger partial charge < -0.3 is 10.1 Å². The van der Waals surface area contributed by atoms with E-state index in [0.717, 1.165) is 22.3 Å². The molecule has 0 aliphatic carbocycles. The summed E-state index contributed by atoms with van der Waals surface area (Å²) in [5, 5.41) is 3.63. The van der Waals surface area contributed by atoms with Crippen LogP contribution in [0.1, 0.15) is 27.8 Å². The molecule has 3 aromatic carbocycles. The predicted molar refractivity (Wildman–Crippen MR) is 133 cm³/mol. The van der Waals surface area contributed by atoms with Crippen LogP contribution >= 0.6 is 11.6 Å². The molecule has 0 aromatic heterocycles. The summed E-state index contributed by atoms with van der Waals surface area (Å²) in [6.45, 7) is 7.93. The Morgan fingerprint density at radius 2 is 1.45 bits per heavy atom. The predicted octanol–water partition coefficient (Wildman–Crippen LogP) is 5.98. The Hall–Kier alpha value is -3.57. The number of nitrogens with one attached hydrogen (secondary N) is 1. The SMILES string of the molecule is COc1ccc(Cl)cc1NC1=C(c2ccc(C)c(C)c2)C(=O)N(c2ccc(C)c(C)c2)C1=O. The lowest BCUT2D eigenvalue weighted by Crippen LogP contribution is -2.32. The lowest BCUT2D eigenvalue weighted by atomic mass is 9.99. The summed E-state index contributed by atoms with van der Waals surface area (Å²) >= 11 is 6.20. The second-order valence-electron chi connectivity index (χ2n) is 8.23. The number of amides is 2. The Balaban J connectivity index is 1.88. The van der Waals surface area contributed by atoms with Crippen LogP contribution < -0.4 is 15.0 Å². The molecule has 1 aliphatic rings. The Kier molecular flexibility index (Phi) is 6.00. The van der Waals surface area contributed by atoms with Crippen molar-refractivity contribution in [3.05, 3.63) is 93.1 Å². The Labute approximate surface area is 198 Å². The van der Waals surface area contributed by atoms with Gasteiger partial charge in [-0.25, -0.2) is 4.90 Å². The van der Waals surface area contributed by atoms with Crippen LogP contribution in [-0.2, 0) is 9.59 Å². The maximum absolute atomic E-state index is 13.7. The number of ether oxygens (including phenoxy) is 1. The van der Waals surface area contributed by atoms with Crippen LogP contribution in [0.15, 0.2) is 60.3 Å². The van der Waals surface area contributed by atoms with Gasteiger partial charge in [0.05, 0.1) is 24.1 Å². The number of anilines is 2. The van der Waals surface area contributed by atoms with E-state index in [1.165, 1.54) is 12.0 Å². The van der Waals surface area contributed by atoms with Crippen molar-refractivity contribution in [2.45, 2.75) is 27.7 Å². The Morgan fingerprint density at radius 1 is 0.788 bits per heavy atom. The highest BCUT2D eigenvalue weighted by molar-refractivity contribution is 6.46. The van der Waals surface area contributed by atoms with Gasteiger partial charge in [0.25, 0.3) is 11.8 Å². The van der Waals surface area contributed by atoms with Crippen molar-refractivity contribution in [3.8, 4) is 5.75 Å². The molecule has 4 rings (SSSR count). The van der Waals surface area contributed by atoms with Crippen molar-refractivity contribution in [2.75, 3.05) is 17.3 Å². The highest BCUT2D eigenvalue weighted by atomic mass is 35.5. The van der Waals surface area contributed by atoms with Gasteiger partial charge >= 0.3 is 0 Å². The van der Waals surface area contributed by atoms with Crippen LogP contribution in [0.2, 0.25) is 5.02 Å². The molecule has 6 heteroatoms. The van der Waals surface area contributed by atoms with Gasteiger partial charge in [0.15, 0.2) is 0 Å². The average Bonchev–Trinajstić information content (AvgIpc) is 3.02. The maximum Gasteiger partial charge on any atom is 0.282 e. The first-order chi connectivity index (χ1) is 15.7. The van der Waals surface area contributed by atoms with Gasteiger partial charge in [0, 0.05) is 5.02 Å².